The predicted octanol–water partition coefficient (Wildman–Crippen LogP) is 2.61. The Balaban J connectivity index is 2.26. The molecule has 0 saturated carbocycles. The highest BCUT2D eigenvalue weighted by Crippen LogP contribution is 2.27. The van der Waals surface area contributed by atoms with Gasteiger partial charge in [0, 0.05) is 0 Å². The van der Waals surface area contributed by atoms with E-state index in [1.165, 1.54) is 17.1 Å². The van der Waals surface area contributed by atoms with Gasteiger partial charge in [-0.3, -0.25) is 5.84 Å². The third-order valence-corrected chi connectivity index (χ3v) is 4.03. The second-order valence-electron chi connectivity index (χ2n) is 4.53. The van der Waals surface area contributed by atoms with Crippen LogP contribution in [0.4, 0.5) is 0 Å². The van der Waals surface area contributed by atoms with Gasteiger partial charge in [-0.05, 0) is 35.5 Å². The smallest absolute Gasteiger partial charge is 0.0837 e. The van der Waals surface area contributed by atoms with Crippen LogP contribution in [0.25, 0.3) is 0 Å². The molecular weight excluding hydrogens is 256 g/mol. The molecule has 2 aromatic rings. The predicted molar refractivity (Wildman–Crippen MR) is 78.9 cm³/mol. The number of aryl methyl sites for hydroxylation is 2. The molecule has 0 radical (unpaired) electrons. The Morgan fingerprint density at radius 3 is 2.58 bits per heavy atom. The van der Waals surface area contributed by atoms with Crippen molar-refractivity contribution in [2.45, 2.75) is 39.2 Å². The second-order valence-corrected chi connectivity index (χ2v) is 5.31. The van der Waals surface area contributed by atoms with E-state index >= 15 is 0 Å². The second kappa shape index (κ2) is 6.75. The fourth-order valence-corrected chi connectivity index (χ4v) is 3.00. The number of hydrogen-bond acceptors (Lipinski definition) is 5. The van der Waals surface area contributed by atoms with Crippen LogP contribution < -0.4 is 11.3 Å². The molecular formula is C14H20N4S. The van der Waals surface area contributed by atoms with E-state index in [-0.39, 0.29) is 6.04 Å². The summed E-state index contributed by atoms with van der Waals surface area (Å²) in [6.45, 7) is 4.27. The normalized spacial score (nSPS) is 12.6. The molecule has 0 aliphatic carbocycles. The van der Waals surface area contributed by atoms with Gasteiger partial charge in [0.2, 0.25) is 0 Å². The van der Waals surface area contributed by atoms with Crippen LogP contribution in [0.3, 0.4) is 0 Å². The third-order valence-electron chi connectivity index (χ3n) is 3.20. The van der Waals surface area contributed by atoms with Crippen molar-refractivity contribution in [2.24, 2.45) is 5.84 Å². The summed E-state index contributed by atoms with van der Waals surface area (Å²) >= 11 is 1.41. The van der Waals surface area contributed by atoms with Gasteiger partial charge in [0.25, 0.3) is 0 Å². The monoisotopic (exact) mass is 276 g/mol. The molecule has 3 N–H and O–H groups in total. The zero-order valence-electron chi connectivity index (χ0n) is 11.4. The highest BCUT2D eigenvalue weighted by atomic mass is 32.1. The first kappa shape index (κ1) is 14.1. The lowest BCUT2D eigenvalue weighted by molar-refractivity contribution is 0.639. The lowest BCUT2D eigenvalue weighted by atomic mass is 10.0. The maximum atomic E-state index is 5.72. The Morgan fingerprint density at radius 2 is 2.00 bits per heavy atom. The third kappa shape index (κ3) is 3.18. The minimum atomic E-state index is -0.0226. The van der Waals surface area contributed by atoms with Gasteiger partial charge in [-0.25, -0.2) is 5.43 Å². The van der Waals surface area contributed by atoms with Crippen LogP contribution in [-0.2, 0) is 12.8 Å². The van der Waals surface area contributed by atoms with Crippen molar-refractivity contribution in [1.82, 2.24) is 15.0 Å². The van der Waals surface area contributed by atoms with Crippen molar-refractivity contribution < 1.29 is 0 Å². The molecule has 0 aliphatic rings. The van der Waals surface area contributed by atoms with Crippen molar-refractivity contribution in [3.63, 3.8) is 0 Å². The lowest BCUT2D eigenvalue weighted by Gasteiger charge is -2.15. The standard InChI is InChI=1S/C14H20N4S/c1-3-5-10-6-8-11(9-7-10)13(16-15)14-12(4-2)17-18-19-14/h6-9,13,16H,3-5,15H2,1-2H3. The molecule has 19 heavy (non-hydrogen) atoms. The van der Waals surface area contributed by atoms with Gasteiger partial charge >= 0.3 is 0 Å². The minimum absolute atomic E-state index is 0.0226. The molecule has 1 unspecified atom stereocenters. The van der Waals surface area contributed by atoms with Crippen LogP contribution in [0.15, 0.2) is 24.3 Å². The molecule has 1 aromatic carbocycles. The van der Waals surface area contributed by atoms with Gasteiger partial charge in [-0.1, -0.05) is 49.0 Å². The molecule has 0 saturated heterocycles. The van der Waals surface area contributed by atoms with Crippen LogP contribution >= 0.6 is 11.5 Å². The molecule has 0 bridgehead atoms. The maximum Gasteiger partial charge on any atom is 0.0837 e. The topological polar surface area (TPSA) is 63.8 Å². The zero-order valence-corrected chi connectivity index (χ0v) is 12.2. The minimum Gasteiger partial charge on any atom is -0.271 e. The van der Waals surface area contributed by atoms with Gasteiger partial charge in [0.1, 0.15) is 0 Å². The van der Waals surface area contributed by atoms with E-state index in [4.69, 9.17) is 5.84 Å². The van der Waals surface area contributed by atoms with Crippen LogP contribution in [0.1, 0.15) is 48.0 Å². The Hall–Kier alpha value is -1.30. The maximum absolute atomic E-state index is 5.72. The van der Waals surface area contributed by atoms with Crippen LogP contribution in [0.5, 0.6) is 0 Å². The first-order valence-electron chi connectivity index (χ1n) is 6.66. The fourth-order valence-electron chi connectivity index (χ4n) is 2.17. The van der Waals surface area contributed by atoms with E-state index in [1.807, 2.05) is 0 Å². The summed E-state index contributed by atoms with van der Waals surface area (Å²) in [7, 11) is 0. The number of rotatable bonds is 6. The number of nitrogens with zero attached hydrogens (tertiary/aromatic N) is 2. The van der Waals surface area contributed by atoms with Gasteiger partial charge < -0.3 is 0 Å². The summed E-state index contributed by atoms with van der Waals surface area (Å²) in [5.41, 5.74) is 6.41. The molecule has 1 heterocycles. The molecule has 1 atom stereocenters. The molecule has 102 valence electrons. The van der Waals surface area contributed by atoms with E-state index in [9.17, 15) is 0 Å². The molecule has 2 rings (SSSR count). The summed E-state index contributed by atoms with van der Waals surface area (Å²) in [5, 5.41) is 4.15. The summed E-state index contributed by atoms with van der Waals surface area (Å²) in [4.78, 5) is 1.10. The summed E-state index contributed by atoms with van der Waals surface area (Å²) in [6, 6.07) is 8.58. The fraction of sp³-hybridized carbons (Fsp3) is 0.429. The Morgan fingerprint density at radius 1 is 1.26 bits per heavy atom. The van der Waals surface area contributed by atoms with Crippen molar-refractivity contribution in [3.05, 3.63) is 46.0 Å². The molecule has 0 amide bonds. The lowest BCUT2D eigenvalue weighted by Crippen LogP contribution is -2.28. The van der Waals surface area contributed by atoms with Crippen molar-refractivity contribution in [2.75, 3.05) is 0 Å². The van der Waals surface area contributed by atoms with Gasteiger partial charge in [-0.15, -0.1) is 5.10 Å². The van der Waals surface area contributed by atoms with Crippen LogP contribution in [-0.4, -0.2) is 9.59 Å². The number of aromatic nitrogens is 2. The molecule has 1 aromatic heterocycles. The van der Waals surface area contributed by atoms with Gasteiger partial charge in [-0.2, -0.15) is 0 Å². The number of nitrogens with two attached hydrogens (primary N) is 1. The molecule has 4 nitrogen and oxygen atoms in total. The van der Waals surface area contributed by atoms with Gasteiger partial charge in [0.05, 0.1) is 16.6 Å². The van der Waals surface area contributed by atoms with Crippen LogP contribution in [0, 0.1) is 0 Å². The molecule has 0 fully saturated rings. The SMILES string of the molecule is CCCc1ccc(C(NN)c2snnc2CC)cc1. The number of nitrogens with one attached hydrogen (secondary N) is 1. The van der Waals surface area contributed by atoms with Crippen molar-refractivity contribution >= 4 is 11.5 Å². The van der Waals surface area contributed by atoms with Crippen molar-refractivity contribution in [3.8, 4) is 0 Å². The Bertz CT molecular complexity index is 506. The first-order chi connectivity index (χ1) is 9.30. The number of hydrazine groups is 1. The van der Waals surface area contributed by atoms with Crippen molar-refractivity contribution in [1.29, 1.82) is 0 Å². The first-order valence-corrected chi connectivity index (χ1v) is 7.43. The average molecular weight is 276 g/mol. The van der Waals surface area contributed by atoms with Crippen LogP contribution in [0.2, 0.25) is 0 Å². The highest BCUT2D eigenvalue weighted by molar-refractivity contribution is 7.05. The summed E-state index contributed by atoms with van der Waals surface area (Å²) < 4.78 is 4.03. The number of hydrogen-bond donors (Lipinski definition) is 2. The Labute approximate surface area is 118 Å². The van der Waals surface area contributed by atoms with Gasteiger partial charge in [0.15, 0.2) is 0 Å². The number of benzene rings is 1. The molecule has 0 aliphatic heterocycles. The highest BCUT2D eigenvalue weighted by Gasteiger charge is 2.19. The zero-order chi connectivity index (χ0) is 13.7. The quantitative estimate of drug-likeness (QED) is 0.629. The van der Waals surface area contributed by atoms with E-state index in [2.05, 4.69) is 53.1 Å². The van der Waals surface area contributed by atoms with E-state index in [0.717, 1.165) is 35.4 Å². The molecule has 5 heteroatoms. The Kier molecular flexibility index (Phi) is 5.01. The van der Waals surface area contributed by atoms with E-state index in [0.29, 0.717) is 0 Å². The average Bonchev–Trinajstić information content (AvgIpc) is 2.90. The largest absolute Gasteiger partial charge is 0.271 e. The van der Waals surface area contributed by atoms with E-state index < -0.39 is 0 Å². The summed E-state index contributed by atoms with van der Waals surface area (Å²) in [6.07, 6.45) is 3.15. The van der Waals surface area contributed by atoms with E-state index in [1.54, 1.807) is 0 Å². The molecule has 0 spiro atoms. The summed E-state index contributed by atoms with van der Waals surface area (Å²) in [5.74, 6) is 5.72.